The fourth-order valence-electron chi connectivity index (χ4n) is 3.95. The number of fused-ring (bicyclic) bond motifs is 3. The highest BCUT2D eigenvalue weighted by atomic mass is 16.6. The average molecular weight is 420 g/mol. The van der Waals surface area contributed by atoms with E-state index in [4.69, 9.17) is 4.74 Å². The number of imidazole rings is 1. The molecule has 1 aliphatic heterocycles. The van der Waals surface area contributed by atoms with E-state index in [9.17, 15) is 14.9 Å². The highest BCUT2D eigenvalue weighted by Crippen LogP contribution is 2.40. The molecule has 0 saturated carbocycles. The predicted molar refractivity (Wildman–Crippen MR) is 118 cm³/mol. The fourth-order valence-corrected chi connectivity index (χ4v) is 3.95. The maximum Gasteiger partial charge on any atom is 0.338 e. The van der Waals surface area contributed by atoms with Crippen LogP contribution < -0.4 is 5.32 Å². The molecule has 2 heterocycles. The molecule has 0 unspecified atom stereocenters. The van der Waals surface area contributed by atoms with Gasteiger partial charge in [0.1, 0.15) is 0 Å². The number of para-hydroxylation sites is 2. The summed E-state index contributed by atoms with van der Waals surface area (Å²) in [5.74, 6) is 0.152. The Morgan fingerprint density at radius 1 is 1.23 bits per heavy atom. The van der Waals surface area contributed by atoms with E-state index in [-0.39, 0.29) is 5.69 Å². The molecule has 0 saturated heterocycles. The van der Waals surface area contributed by atoms with E-state index in [1.807, 2.05) is 28.8 Å². The van der Waals surface area contributed by atoms with Gasteiger partial charge in [-0.25, -0.2) is 9.78 Å². The Bertz CT molecular complexity index is 1180. The lowest BCUT2D eigenvalue weighted by molar-refractivity contribution is -0.384. The van der Waals surface area contributed by atoms with Crippen LogP contribution in [0.25, 0.3) is 11.0 Å². The van der Waals surface area contributed by atoms with Crippen molar-refractivity contribution in [1.82, 2.24) is 9.55 Å². The first-order valence-corrected chi connectivity index (χ1v) is 10.4. The molecular weight excluding hydrogens is 396 g/mol. The van der Waals surface area contributed by atoms with E-state index >= 15 is 0 Å². The number of nitrogens with one attached hydrogen (secondary N) is 1. The molecule has 1 aromatic heterocycles. The quantitative estimate of drug-likeness (QED) is 0.251. The van der Waals surface area contributed by atoms with Gasteiger partial charge in [-0.05, 0) is 31.0 Å². The smallest absolute Gasteiger partial charge is 0.338 e. The summed E-state index contributed by atoms with van der Waals surface area (Å²) in [4.78, 5) is 28.8. The largest absolute Gasteiger partial charge is 0.462 e. The van der Waals surface area contributed by atoms with Crippen LogP contribution >= 0.6 is 0 Å². The van der Waals surface area contributed by atoms with Crippen molar-refractivity contribution in [2.75, 3.05) is 11.9 Å². The van der Waals surface area contributed by atoms with Gasteiger partial charge in [-0.2, -0.15) is 0 Å². The minimum absolute atomic E-state index is 0.0321. The zero-order valence-electron chi connectivity index (χ0n) is 17.5. The third kappa shape index (κ3) is 3.88. The van der Waals surface area contributed by atoms with Gasteiger partial charge >= 0.3 is 5.97 Å². The van der Waals surface area contributed by atoms with Gasteiger partial charge in [0.2, 0.25) is 5.95 Å². The molecule has 3 aromatic rings. The molecule has 1 N–H and O–H groups in total. The van der Waals surface area contributed by atoms with Crippen molar-refractivity contribution < 1.29 is 14.5 Å². The molecule has 1 atom stereocenters. The fraction of sp³-hybridized carbons (Fsp3) is 0.304. The SMILES string of the molecule is CCCCCOC(=O)C1=C(C)Nc2nc3ccccc3n2[C@@H]1c1cccc([N+](=O)[O-])c1. The number of hydrogen-bond acceptors (Lipinski definition) is 6. The minimum atomic E-state index is -0.595. The second-order valence-corrected chi connectivity index (χ2v) is 7.56. The van der Waals surface area contributed by atoms with E-state index < -0.39 is 16.9 Å². The number of nitrogens with zero attached hydrogens (tertiary/aromatic N) is 3. The van der Waals surface area contributed by atoms with E-state index in [1.54, 1.807) is 19.1 Å². The number of ether oxygens (including phenoxy) is 1. The lowest BCUT2D eigenvalue weighted by atomic mass is 9.94. The number of aromatic nitrogens is 2. The summed E-state index contributed by atoms with van der Waals surface area (Å²) < 4.78 is 7.49. The topological polar surface area (TPSA) is 99.3 Å². The second-order valence-electron chi connectivity index (χ2n) is 7.56. The van der Waals surface area contributed by atoms with Crippen LogP contribution in [0.3, 0.4) is 0 Å². The van der Waals surface area contributed by atoms with Gasteiger partial charge in [0, 0.05) is 17.8 Å². The van der Waals surface area contributed by atoms with Crippen molar-refractivity contribution in [3.63, 3.8) is 0 Å². The van der Waals surface area contributed by atoms with Crippen LogP contribution in [0.15, 0.2) is 59.8 Å². The maximum atomic E-state index is 13.2. The number of benzene rings is 2. The van der Waals surface area contributed by atoms with Crippen molar-refractivity contribution >= 4 is 28.6 Å². The summed E-state index contributed by atoms with van der Waals surface area (Å²) in [6, 6.07) is 13.4. The third-order valence-electron chi connectivity index (χ3n) is 5.43. The lowest BCUT2D eigenvalue weighted by Gasteiger charge is -2.30. The summed E-state index contributed by atoms with van der Waals surface area (Å²) in [5, 5.41) is 14.6. The van der Waals surface area contributed by atoms with Gasteiger partial charge in [0.25, 0.3) is 5.69 Å². The zero-order chi connectivity index (χ0) is 22.0. The van der Waals surface area contributed by atoms with Crippen molar-refractivity contribution in [3.05, 3.63) is 75.5 Å². The Kier molecular flexibility index (Phi) is 5.70. The Morgan fingerprint density at radius 3 is 2.81 bits per heavy atom. The number of anilines is 1. The molecule has 0 spiro atoms. The second kappa shape index (κ2) is 8.59. The summed E-state index contributed by atoms with van der Waals surface area (Å²) in [7, 11) is 0. The van der Waals surface area contributed by atoms with Crippen molar-refractivity contribution in [2.24, 2.45) is 0 Å². The van der Waals surface area contributed by atoms with E-state index in [1.165, 1.54) is 12.1 Å². The molecule has 0 radical (unpaired) electrons. The summed E-state index contributed by atoms with van der Waals surface area (Å²) in [6.07, 6.45) is 2.80. The van der Waals surface area contributed by atoms with Crippen LogP contribution in [0.4, 0.5) is 11.6 Å². The van der Waals surface area contributed by atoms with E-state index in [0.29, 0.717) is 29.4 Å². The Morgan fingerprint density at radius 2 is 2.03 bits per heavy atom. The first kappa shape index (κ1) is 20.6. The predicted octanol–water partition coefficient (Wildman–Crippen LogP) is 4.97. The Balaban J connectivity index is 1.84. The number of carbonyl (C=O) groups is 1. The lowest BCUT2D eigenvalue weighted by Crippen LogP contribution is -2.29. The molecule has 2 aromatic carbocycles. The van der Waals surface area contributed by atoms with Gasteiger partial charge in [-0.3, -0.25) is 14.7 Å². The van der Waals surface area contributed by atoms with Gasteiger partial charge in [-0.15, -0.1) is 0 Å². The van der Waals surface area contributed by atoms with Crippen LogP contribution in [-0.2, 0) is 9.53 Å². The molecule has 160 valence electrons. The van der Waals surface area contributed by atoms with Crippen LogP contribution in [0.2, 0.25) is 0 Å². The highest BCUT2D eigenvalue weighted by Gasteiger charge is 2.35. The molecule has 31 heavy (non-hydrogen) atoms. The molecular formula is C23H24N4O4. The third-order valence-corrected chi connectivity index (χ3v) is 5.43. The normalized spacial score (nSPS) is 15.5. The molecule has 0 amide bonds. The van der Waals surface area contributed by atoms with Crippen LogP contribution in [0.1, 0.15) is 44.7 Å². The summed E-state index contributed by atoms with van der Waals surface area (Å²) >= 11 is 0. The monoisotopic (exact) mass is 420 g/mol. The van der Waals surface area contributed by atoms with E-state index in [2.05, 4.69) is 17.2 Å². The summed E-state index contributed by atoms with van der Waals surface area (Å²) in [6.45, 7) is 4.22. The first-order valence-electron chi connectivity index (χ1n) is 10.4. The highest BCUT2D eigenvalue weighted by molar-refractivity contribution is 5.94. The number of nitro groups is 1. The molecule has 0 bridgehead atoms. The zero-order valence-corrected chi connectivity index (χ0v) is 17.5. The number of hydrogen-bond donors (Lipinski definition) is 1. The van der Waals surface area contributed by atoms with Crippen molar-refractivity contribution in [3.8, 4) is 0 Å². The summed E-state index contributed by atoms with van der Waals surface area (Å²) in [5.41, 5.74) is 3.24. The number of esters is 1. The van der Waals surface area contributed by atoms with Gasteiger partial charge < -0.3 is 10.1 Å². The number of nitro benzene ring substituents is 1. The van der Waals surface area contributed by atoms with Crippen LogP contribution in [-0.4, -0.2) is 27.1 Å². The minimum Gasteiger partial charge on any atom is -0.462 e. The number of allylic oxidation sites excluding steroid dienone is 1. The molecule has 4 rings (SSSR count). The number of rotatable bonds is 7. The van der Waals surface area contributed by atoms with Crippen LogP contribution in [0, 0.1) is 10.1 Å². The standard InChI is InChI=1S/C23H24N4O4/c1-3-4-7-13-31-22(28)20-15(2)24-23-25-18-11-5-6-12-19(18)26(23)21(20)16-9-8-10-17(14-16)27(29)30/h5-6,8-12,14,21H,3-4,7,13H2,1-2H3,(H,24,25)/t21-/m1/s1. The van der Waals surface area contributed by atoms with Crippen molar-refractivity contribution in [2.45, 2.75) is 39.2 Å². The van der Waals surface area contributed by atoms with E-state index in [0.717, 1.165) is 30.3 Å². The van der Waals surface area contributed by atoms with Gasteiger partial charge in [0.05, 0.1) is 34.2 Å². The van der Waals surface area contributed by atoms with Crippen molar-refractivity contribution in [1.29, 1.82) is 0 Å². The average Bonchev–Trinajstić information content (AvgIpc) is 3.13. The van der Waals surface area contributed by atoms with Gasteiger partial charge in [0.15, 0.2) is 0 Å². The first-order chi connectivity index (χ1) is 15.0. The molecule has 8 nitrogen and oxygen atoms in total. The Hall–Kier alpha value is -3.68. The molecule has 1 aliphatic rings. The van der Waals surface area contributed by atoms with Crippen LogP contribution in [0.5, 0.6) is 0 Å². The molecule has 8 heteroatoms. The molecule has 0 aliphatic carbocycles. The van der Waals surface area contributed by atoms with Gasteiger partial charge in [-0.1, -0.05) is 44.0 Å². The number of unbranched alkanes of at least 4 members (excludes halogenated alkanes) is 2. The maximum absolute atomic E-state index is 13.2. The molecule has 0 fully saturated rings. The number of non-ortho nitro benzene ring substituents is 1. The number of carbonyl (C=O) groups excluding carboxylic acids is 1. The Labute approximate surface area is 179 Å².